The lowest BCUT2D eigenvalue weighted by atomic mass is 10.0. The summed E-state index contributed by atoms with van der Waals surface area (Å²) in [7, 11) is 1.72. The third kappa shape index (κ3) is 3.21. The molecule has 1 atom stereocenters. The van der Waals surface area contributed by atoms with Crippen LogP contribution in [0.3, 0.4) is 0 Å². The average Bonchev–Trinajstić information content (AvgIpc) is 3.23. The second kappa shape index (κ2) is 6.29. The highest BCUT2D eigenvalue weighted by molar-refractivity contribution is 5.62. The molecule has 3 heteroatoms. The van der Waals surface area contributed by atoms with E-state index in [1.807, 2.05) is 13.0 Å². The minimum Gasteiger partial charge on any atom is -0.496 e. The standard InChI is InChI=1S/C16H26N2O/c1-4-5-11-18(13-9-10-13)14-7-6-8-15(19-3)16(14)12(2)17/h6-8,12-13H,4-5,9-11,17H2,1-3H3. The molecule has 0 saturated heterocycles. The maximum atomic E-state index is 6.17. The molecule has 2 N–H and O–H groups in total. The Balaban J connectivity index is 2.34. The second-order valence-corrected chi connectivity index (χ2v) is 5.46. The van der Waals surface area contributed by atoms with Crippen molar-refractivity contribution in [2.75, 3.05) is 18.6 Å². The van der Waals surface area contributed by atoms with E-state index < -0.39 is 0 Å². The SMILES string of the molecule is CCCCN(c1cccc(OC)c1C(C)N)C1CC1. The zero-order valence-corrected chi connectivity index (χ0v) is 12.4. The smallest absolute Gasteiger partial charge is 0.125 e. The summed E-state index contributed by atoms with van der Waals surface area (Å²) < 4.78 is 5.50. The number of hydrogen-bond donors (Lipinski definition) is 1. The van der Waals surface area contributed by atoms with Crippen molar-refractivity contribution in [3.63, 3.8) is 0 Å². The number of nitrogens with two attached hydrogens (primary N) is 1. The number of benzene rings is 1. The monoisotopic (exact) mass is 262 g/mol. The number of nitrogens with zero attached hydrogens (tertiary/aromatic N) is 1. The Bertz CT molecular complexity index is 413. The molecule has 0 spiro atoms. The van der Waals surface area contributed by atoms with Gasteiger partial charge in [0.15, 0.2) is 0 Å². The van der Waals surface area contributed by atoms with E-state index in [2.05, 4.69) is 24.0 Å². The van der Waals surface area contributed by atoms with Gasteiger partial charge in [0.25, 0.3) is 0 Å². The molecule has 1 unspecified atom stereocenters. The molecule has 0 amide bonds. The number of rotatable bonds is 7. The minimum atomic E-state index is -0.00553. The van der Waals surface area contributed by atoms with Crippen LogP contribution in [-0.4, -0.2) is 19.7 Å². The van der Waals surface area contributed by atoms with Gasteiger partial charge in [-0.15, -0.1) is 0 Å². The molecule has 2 rings (SSSR count). The van der Waals surface area contributed by atoms with Gasteiger partial charge in [-0.3, -0.25) is 0 Å². The molecule has 0 radical (unpaired) electrons. The van der Waals surface area contributed by atoms with E-state index in [4.69, 9.17) is 10.5 Å². The van der Waals surface area contributed by atoms with Crippen molar-refractivity contribution in [1.82, 2.24) is 0 Å². The van der Waals surface area contributed by atoms with Gasteiger partial charge in [0, 0.05) is 29.9 Å². The van der Waals surface area contributed by atoms with Crippen LogP contribution >= 0.6 is 0 Å². The molecule has 1 saturated carbocycles. The van der Waals surface area contributed by atoms with Gasteiger partial charge in [0.1, 0.15) is 5.75 Å². The summed E-state index contributed by atoms with van der Waals surface area (Å²) in [6, 6.07) is 6.97. The van der Waals surface area contributed by atoms with Gasteiger partial charge in [-0.25, -0.2) is 0 Å². The molecule has 106 valence electrons. The number of methoxy groups -OCH3 is 1. The lowest BCUT2D eigenvalue weighted by molar-refractivity contribution is 0.407. The number of ether oxygens (including phenoxy) is 1. The molecular weight excluding hydrogens is 236 g/mol. The fraction of sp³-hybridized carbons (Fsp3) is 0.625. The van der Waals surface area contributed by atoms with Crippen molar-refractivity contribution >= 4 is 5.69 Å². The summed E-state index contributed by atoms with van der Waals surface area (Å²) in [6.45, 7) is 5.39. The third-order valence-electron chi connectivity index (χ3n) is 3.77. The van der Waals surface area contributed by atoms with Crippen LogP contribution in [0.1, 0.15) is 51.1 Å². The Labute approximate surface area is 116 Å². The molecule has 19 heavy (non-hydrogen) atoms. The van der Waals surface area contributed by atoms with Gasteiger partial charge >= 0.3 is 0 Å². The maximum absolute atomic E-state index is 6.17. The van der Waals surface area contributed by atoms with E-state index in [0.717, 1.165) is 17.9 Å². The van der Waals surface area contributed by atoms with Gasteiger partial charge in [-0.05, 0) is 38.3 Å². The van der Waals surface area contributed by atoms with Crippen LogP contribution in [0.4, 0.5) is 5.69 Å². The summed E-state index contributed by atoms with van der Waals surface area (Å²) >= 11 is 0. The summed E-state index contributed by atoms with van der Waals surface area (Å²) in [5, 5.41) is 0. The summed E-state index contributed by atoms with van der Waals surface area (Å²) in [5.41, 5.74) is 8.59. The maximum Gasteiger partial charge on any atom is 0.125 e. The quantitative estimate of drug-likeness (QED) is 0.817. The second-order valence-electron chi connectivity index (χ2n) is 5.46. The van der Waals surface area contributed by atoms with Crippen LogP contribution in [0, 0.1) is 0 Å². The minimum absolute atomic E-state index is 0.00553. The zero-order chi connectivity index (χ0) is 13.8. The molecular formula is C16H26N2O. The first-order valence-electron chi connectivity index (χ1n) is 7.38. The Morgan fingerprint density at radius 1 is 1.42 bits per heavy atom. The zero-order valence-electron chi connectivity index (χ0n) is 12.4. The largest absolute Gasteiger partial charge is 0.496 e. The van der Waals surface area contributed by atoms with Gasteiger partial charge in [0.05, 0.1) is 7.11 Å². The number of anilines is 1. The highest BCUT2D eigenvalue weighted by Gasteiger charge is 2.31. The van der Waals surface area contributed by atoms with Crippen molar-refractivity contribution in [3.05, 3.63) is 23.8 Å². The molecule has 1 aromatic carbocycles. The van der Waals surface area contributed by atoms with E-state index in [-0.39, 0.29) is 6.04 Å². The van der Waals surface area contributed by atoms with Gasteiger partial charge < -0.3 is 15.4 Å². The molecule has 3 nitrogen and oxygen atoms in total. The molecule has 0 aromatic heterocycles. The Kier molecular flexibility index (Phi) is 4.70. The van der Waals surface area contributed by atoms with Crippen molar-refractivity contribution in [2.45, 2.75) is 51.6 Å². The number of hydrogen-bond acceptors (Lipinski definition) is 3. The molecule has 1 aliphatic rings. The Hall–Kier alpha value is -1.22. The highest BCUT2D eigenvalue weighted by Crippen LogP contribution is 2.39. The molecule has 1 fully saturated rings. The van der Waals surface area contributed by atoms with Crippen LogP contribution in [0.15, 0.2) is 18.2 Å². The van der Waals surface area contributed by atoms with Crippen molar-refractivity contribution < 1.29 is 4.74 Å². The topological polar surface area (TPSA) is 38.5 Å². The fourth-order valence-electron chi connectivity index (χ4n) is 2.63. The predicted molar refractivity (Wildman–Crippen MR) is 80.9 cm³/mol. The summed E-state index contributed by atoms with van der Waals surface area (Å²) in [4.78, 5) is 2.53. The van der Waals surface area contributed by atoms with Crippen molar-refractivity contribution in [3.8, 4) is 5.75 Å². The molecule has 0 heterocycles. The van der Waals surface area contributed by atoms with Gasteiger partial charge in [0.2, 0.25) is 0 Å². The molecule has 0 aliphatic heterocycles. The summed E-state index contributed by atoms with van der Waals surface area (Å²) in [6.07, 6.45) is 5.06. The van der Waals surface area contributed by atoms with Crippen LogP contribution in [-0.2, 0) is 0 Å². The Morgan fingerprint density at radius 3 is 2.68 bits per heavy atom. The van der Waals surface area contributed by atoms with Crippen molar-refractivity contribution in [2.24, 2.45) is 5.73 Å². The van der Waals surface area contributed by atoms with E-state index in [9.17, 15) is 0 Å². The van der Waals surface area contributed by atoms with Gasteiger partial charge in [-0.2, -0.15) is 0 Å². The first kappa shape index (κ1) is 14.2. The molecule has 1 aliphatic carbocycles. The molecule has 1 aromatic rings. The number of unbranched alkanes of at least 4 members (excludes halogenated alkanes) is 1. The van der Waals surface area contributed by atoms with E-state index in [1.54, 1.807) is 7.11 Å². The molecule has 0 bridgehead atoms. The first-order valence-corrected chi connectivity index (χ1v) is 7.38. The van der Waals surface area contributed by atoms with Crippen LogP contribution in [0.5, 0.6) is 5.75 Å². The third-order valence-corrected chi connectivity index (χ3v) is 3.77. The Morgan fingerprint density at radius 2 is 2.16 bits per heavy atom. The highest BCUT2D eigenvalue weighted by atomic mass is 16.5. The van der Waals surface area contributed by atoms with E-state index in [0.29, 0.717) is 6.04 Å². The predicted octanol–water partition coefficient (Wildman–Crippen LogP) is 3.48. The normalized spacial score (nSPS) is 16.2. The van der Waals surface area contributed by atoms with Crippen molar-refractivity contribution in [1.29, 1.82) is 0 Å². The van der Waals surface area contributed by atoms with Crippen LogP contribution in [0.2, 0.25) is 0 Å². The average molecular weight is 262 g/mol. The first-order chi connectivity index (χ1) is 9.19. The fourth-order valence-corrected chi connectivity index (χ4v) is 2.63. The van der Waals surface area contributed by atoms with Crippen LogP contribution in [0.25, 0.3) is 0 Å². The van der Waals surface area contributed by atoms with Gasteiger partial charge in [-0.1, -0.05) is 19.4 Å². The summed E-state index contributed by atoms with van der Waals surface area (Å²) in [5.74, 6) is 0.912. The van der Waals surface area contributed by atoms with E-state index in [1.165, 1.54) is 31.4 Å². The van der Waals surface area contributed by atoms with Crippen LogP contribution < -0.4 is 15.4 Å². The van der Waals surface area contributed by atoms with E-state index >= 15 is 0 Å². The lowest BCUT2D eigenvalue weighted by Crippen LogP contribution is -2.29. The lowest BCUT2D eigenvalue weighted by Gasteiger charge is -2.29.